The summed E-state index contributed by atoms with van der Waals surface area (Å²) in [5.41, 5.74) is 0.0176. The lowest BCUT2D eigenvalue weighted by Crippen LogP contribution is -2.58. The second kappa shape index (κ2) is 5.64. The van der Waals surface area contributed by atoms with Crippen LogP contribution in [-0.4, -0.2) is 35.5 Å². The van der Waals surface area contributed by atoms with Crippen LogP contribution in [0.15, 0.2) is 12.2 Å². The number of ether oxygens (including phenoxy) is 1. The highest BCUT2D eigenvalue weighted by Gasteiger charge is 2.66. The minimum atomic E-state index is -0.962. The number of carbonyl (C=O) groups excluding carboxylic acids is 1. The Morgan fingerprint density at radius 3 is 2.68 bits per heavy atom. The zero-order chi connectivity index (χ0) is 16.0. The highest BCUT2D eigenvalue weighted by Crippen LogP contribution is 2.65. The third-order valence-electron chi connectivity index (χ3n) is 6.70. The van der Waals surface area contributed by atoms with Crippen LogP contribution in [0, 0.1) is 16.7 Å². The molecular formula is C18H28O4. The minimum absolute atomic E-state index is 0.197. The molecule has 0 aromatic rings. The maximum absolute atomic E-state index is 12.8. The number of carbonyl (C=O) groups is 1. The van der Waals surface area contributed by atoms with E-state index in [2.05, 4.69) is 6.58 Å². The minimum Gasteiger partial charge on any atom is -0.469 e. The summed E-state index contributed by atoms with van der Waals surface area (Å²) in [4.78, 5) is 12.8. The van der Waals surface area contributed by atoms with Gasteiger partial charge in [-0.2, -0.15) is 0 Å². The van der Waals surface area contributed by atoms with E-state index in [1.54, 1.807) is 0 Å². The van der Waals surface area contributed by atoms with Gasteiger partial charge in [0.05, 0.1) is 24.7 Å². The highest BCUT2D eigenvalue weighted by molar-refractivity contribution is 5.79. The molecule has 2 bridgehead atoms. The summed E-state index contributed by atoms with van der Waals surface area (Å²) in [7, 11) is 1.39. The second-order valence-corrected chi connectivity index (χ2v) is 7.49. The standard InChI is InChI=1S/C18H28O4/c1-12-6-3-4-7-14(20)18(16(21)22-2)10-5-9-17(12)11-8-13(19)15(17)18/h13-15,19-20H,1,3-11H2,2H3/t13-,14+,15+,17-,18+/m0/s1. The van der Waals surface area contributed by atoms with Gasteiger partial charge in [0.2, 0.25) is 0 Å². The van der Waals surface area contributed by atoms with Crippen molar-refractivity contribution in [3.05, 3.63) is 12.2 Å². The topological polar surface area (TPSA) is 66.8 Å². The lowest BCUT2D eigenvalue weighted by molar-refractivity contribution is -0.184. The van der Waals surface area contributed by atoms with Crippen molar-refractivity contribution in [1.82, 2.24) is 0 Å². The van der Waals surface area contributed by atoms with Gasteiger partial charge in [-0.3, -0.25) is 4.79 Å². The van der Waals surface area contributed by atoms with Crippen LogP contribution in [0.25, 0.3) is 0 Å². The van der Waals surface area contributed by atoms with Crippen LogP contribution in [0.5, 0.6) is 0 Å². The molecule has 3 rings (SSSR count). The van der Waals surface area contributed by atoms with Gasteiger partial charge in [0.25, 0.3) is 0 Å². The van der Waals surface area contributed by atoms with Crippen LogP contribution in [0.1, 0.15) is 57.8 Å². The van der Waals surface area contributed by atoms with Crippen molar-refractivity contribution < 1.29 is 19.7 Å². The lowest BCUT2D eigenvalue weighted by atomic mass is 9.51. The molecule has 124 valence electrons. The number of allylic oxidation sites excluding steroid dienone is 1. The highest BCUT2D eigenvalue weighted by atomic mass is 16.5. The molecule has 0 unspecified atom stereocenters. The zero-order valence-corrected chi connectivity index (χ0v) is 13.5. The molecule has 3 aliphatic carbocycles. The van der Waals surface area contributed by atoms with Crippen molar-refractivity contribution in [2.45, 2.75) is 70.0 Å². The van der Waals surface area contributed by atoms with Crippen molar-refractivity contribution in [2.24, 2.45) is 16.7 Å². The molecule has 4 nitrogen and oxygen atoms in total. The van der Waals surface area contributed by atoms with Gasteiger partial charge in [-0.15, -0.1) is 0 Å². The van der Waals surface area contributed by atoms with Crippen LogP contribution in [0.2, 0.25) is 0 Å². The van der Waals surface area contributed by atoms with E-state index < -0.39 is 17.6 Å². The third-order valence-corrected chi connectivity index (χ3v) is 6.70. The quantitative estimate of drug-likeness (QED) is 0.577. The number of rotatable bonds is 1. The van der Waals surface area contributed by atoms with E-state index in [0.29, 0.717) is 19.3 Å². The van der Waals surface area contributed by atoms with Gasteiger partial charge in [-0.05, 0) is 50.4 Å². The number of hydrogen-bond acceptors (Lipinski definition) is 4. The van der Waals surface area contributed by atoms with Gasteiger partial charge >= 0.3 is 5.97 Å². The van der Waals surface area contributed by atoms with Gasteiger partial charge in [0.1, 0.15) is 0 Å². The first-order valence-corrected chi connectivity index (χ1v) is 8.62. The first-order chi connectivity index (χ1) is 10.5. The molecule has 0 aromatic heterocycles. The molecule has 3 aliphatic rings. The van der Waals surface area contributed by atoms with Crippen LogP contribution < -0.4 is 0 Å². The Balaban J connectivity index is 2.17. The molecular weight excluding hydrogens is 280 g/mol. The van der Waals surface area contributed by atoms with Crippen LogP contribution in [0.4, 0.5) is 0 Å². The fraction of sp³-hybridized carbons (Fsp3) is 0.833. The first kappa shape index (κ1) is 16.0. The Morgan fingerprint density at radius 1 is 1.18 bits per heavy atom. The maximum atomic E-state index is 12.8. The Hall–Kier alpha value is -0.870. The molecule has 0 amide bonds. The molecule has 2 N–H and O–H groups in total. The Morgan fingerprint density at radius 2 is 1.95 bits per heavy atom. The lowest BCUT2D eigenvalue weighted by Gasteiger charge is -2.53. The van der Waals surface area contributed by atoms with E-state index in [4.69, 9.17) is 4.74 Å². The Bertz CT molecular complexity index is 470. The van der Waals surface area contributed by atoms with Gasteiger partial charge in [0.15, 0.2) is 0 Å². The molecule has 3 saturated carbocycles. The van der Waals surface area contributed by atoms with Crippen molar-refractivity contribution in [3.63, 3.8) is 0 Å². The van der Waals surface area contributed by atoms with E-state index in [1.807, 2.05) is 0 Å². The summed E-state index contributed by atoms with van der Waals surface area (Å²) in [6.07, 6.45) is 6.17. The fourth-order valence-electron chi connectivity index (χ4n) is 5.75. The zero-order valence-electron chi connectivity index (χ0n) is 13.5. The van der Waals surface area contributed by atoms with Gasteiger partial charge in [0, 0.05) is 5.92 Å². The van der Waals surface area contributed by atoms with Crippen LogP contribution >= 0.6 is 0 Å². The van der Waals surface area contributed by atoms with E-state index in [9.17, 15) is 15.0 Å². The summed E-state index contributed by atoms with van der Waals surface area (Å²) < 4.78 is 5.12. The average molecular weight is 308 g/mol. The average Bonchev–Trinajstić information content (AvgIpc) is 2.88. The van der Waals surface area contributed by atoms with Crippen molar-refractivity contribution in [2.75, 3.05) is 7.11 Å². The summed E-state index contributed by atoms with van der Waals surface area (Å²) in [6, 6.07) is 0. The number of aliphatic hydroxyl groups excluding tert-OH is 2. The monoisotopic (exact) mass is 308 g/mol. The fourth-order valence-corrected chi connectivity index (χ4v) is 5.75. The van der Waals surface area contributed by atoms with E-state index in [-0.39, 0.29) is 17.3 Å². The van der Waals surface area contributed by atoms with Crippen molar-refractivity contribution in [3.8, 4) is 0 Å². The molecule has 0 saturated heterocycles. The smallest absolute Gasteiger partial charge is 0.314 e. The van der Waals surface area contributed by atoms with E-state index in [1.165, 1.54) is 12.7 Å². The van der Waals surface area contributed by atoms with Gasteiger partial charge in [-0.1, -0.05) is 25.0 Å². The molecule has 4 heteroatoms. The maximum Gasteiger partial charge on any atom is 0.314 e. The van der Waals surface area contributed by atoms with E-state index >= 15 is 0 Å². The number of hydrogen-bond donors (Lipinski definition) is 2. The Kier molecular flexibility index (Phi) is 4.11. The third kappa shape index (κ3) is 2.00. The molecule has 0 aliphatic heterocycles. The summed E-state index contributed by atoms with van der Waals surface area (Å²) in [6.45, 7) is 4.34. The van der Waals surface area contributed by atoms with Crippen LogP contribution in [0.3, 0.4) is 0 Å². The predicted octanol–water partition coefficient (Wildman–Crippen LogP) is 2.58. The Labute approximate surface area is 132 Å². The number of methoxy groups -OCH3 is 1. The molecule has 5 atom stereocenters. The van der Waals surface area contributed by atoms with Gasteiger partial charge < -0.3 is 14.9 Å². The molecule has 0 radical (unpaired) electrons. The molecule has 0 aromatic carbocycles. The van der Waals surface area contributed by atoms with Crippen molar-refractivity contribution in [1.29, 1.82) is 0 Å². The largest absolute Gasteiger partial charge is 0.469 e. The first-order valence-electron chi connectivity index (χ1n) is 8.62. The number of aliphatic hydroxyl groups is 2. The number of esters is 1. The summed E-state index contributed by atoms with van der Waals surface area (Å²) in [5.74, 6) is -0.591. The van der Waals surface area contributed by atoms with E-state index in [0.717, 1.165) is 38.5 Å². The normalized spacial score (nSPS) is 45.4. The SMILES string of the molecule is C=C1CCCC[C@@H](O)[C@]2(C(=O)OC)CCC[C@]13CC[C@H](O)[C@H]32. The summed E-state index contributed by atoms with van der Waals surface area (Å²) in [5, 5.41) is 21.6. The molecule has 3 fully saturated rings. The van der Waals surface area contributed by atoms with Crippen molar-refractivity contribution >= 4 is 5.97 Å². The predicted molar refractivity (Wildman–Crippen MR) is 83.1 cm³/mol. The molecule has 0 spiro atoms. The molecule has 22 heavy (non-hydrogen) atoms. The second-order valence-electron chi connectivity index (χ2n) is 7.49. The van der Waals surface area contributed by atoms with Gasteiger partial charge in [-0.25, -0.2) is 0 Å². The summed E-state index contributed by atoms with van der Waals surface area (Å²) >= 11 is 0. The van der Waals surface area contributed by atoms with Crippen LogP contribution in [-0.2, 0) is 9.53 Å². The molecule has 0 heterocycles.